The van der Waals surface area contributed by atoms with Gasteiger partial charge in [-0.3, -0.25) is 0 Å². The van der Waals surface area contributed by atoms with Crippen molar-refractivity contribution in [2.75, 3.05) is 30.9 Å². The SMILES string of the molecule is CN(C)c1nc(NC2CCC(CN)CC2)nc2ccccc12.O=C(O)C(F)(F)F. The summed E-state index contributed by atoms with van der Waals surface area (Å²) < 4.78 is 31.7. The largest absolute Gasteiger partial charge is 0.490 e. The van der Waals surface area contributed by atoms with Gasteiger partial charge in [-0.25, -0.2) is 9.78 Å². The second-order valence-corrected chi connectivity index (χ2v) is 7.18. The van der Waals surface area contributed by atoms with Gasteiger partial charge >= 0.3 is 12.1 Å². The van der Waals surface area contributed by atoms with Gasteiger partial charge in [-0.2, -0.15) is 18.2 Å². The van der Waals surface area contributed by atoms with Crippen molar-refractivity contribution >= 4 is 28.6 Å². The number of aromatic nitrogens is 2. The van der Waals surface area contributed by atoms with Gasteiger partial charge in [0.05, 0.1) is 5.52 Å². The molecule has 160 valence electrons. The van der Waals surface area contributed by atoms with E-state index in [0.29, 0.717) is 12.0 Å². The maximum absolute atomic E-state index is 10.6. The minimum Gasteiger partial charge on any atom is -0.475 e. The van der Waals surface area contributed by atoms with Crippen molar-refractivity contribution in [3.05, 3.63) is 24.3 Å². The Kier molecular flexibility index (Phi) is 7.60. The molecule has 1 aliphatic rings. The average Bonchev–Trinajstić information content (AvgIpc) is 2.67. The molecule has 1 aromatic heterocycles. The van der Waals surface area contributed by atoms with Gasteiger partial charge in [0, 0.05) is 25.5 Å². The first-order valence-corrected chi connectivity index (χ1v) is 9.32. The molecule has 1 aliphatic carbocycles. The maximum Gasteiger partial charge on any atom is 0.490 e. The second kappa shape index (κ2) is 9.73. The number of fused-ring (bicyclic) bond motifs is 1. The molecule has 10 heteroatoms. The van der Waals surface area contributed by atoms with Crippen LogP contribution in [0.4, 0.5) is 24.9 Å². The van der Waals surface area contributed by atoms with Gasteiger partial charge in [-0.15, -0.1) is 0 Å². The van der Waals surface area contributed by atoms with Crippen LogP contribution in [-0.2, 0) is 4.79 Å². The van der Waals surface area contributed by atoms with Crippen molar-refractivity contribution in [2.24, 2.45) is 11.7 Å². The Hall–Kier alpha value is -2.62. The lowest BCUT2D eigenvalue weighted by molar-refractivity contribution is -0.192. The molecular formula is C19H26F3N5O2. The van der Waals surface area contributed by atoms with Gasteiger partial charge in [0.1, 0.15) is 5.82 Å². The zero-order chi connectivity index (χ0) is 21.6. The zero-order valence-electron chi connectivity index (χ0n) is 16.4. The number of benzene rings is 1. The van der Waals surface area contributed by atoms with Crippen molar-refractivity contribution in [3.63, 3.8) is 0 Å². The smallest absolute Gasteiger partial charge is 0.475 e. The maximum atomic E-state index is 10.6. The number of hydrogen-bond acceptors (Lipinski definition) is 6. The molecule has 0 atom stereocenters. The minimum absolute atomic E-state index is 0.457. The van der Waals surface area contributed by atoms with Crippen LogP contribution in [-0.4, -0.2) is 53.9 Å². The summed E-state index contributed by atoms with van der Waals surface area (Å²) in [5.41, 5.74) is 6.75. The van der Waals surface area contributed by atoms with Crippen LogP contribution < -0.4 is 16.0 Å². The number of nitrogens with two attached hydrogens (primary N) is 1. The van der Waals surface area contributed by atoms with Crippen molar-refractivity contribution in [3.8, 4) is 0 Å². The first-order valence-electron chi connectivity index (χ1n) is 9.32. The molecule has 1 saturated carbocycles. The zero-order valence-corrected chi connectivity index (χ0v) is 16.4. The number of nitrogens with zero attached hydrogens (tertiary/aromatic N) is 3. The summed E-state index contributed by atoms with van der Waals surface area (Å²) in [6.07, 6.45) is -0.394. The molecule has 0 saturated heterocycles. The van der Waals surface area contributed by atoms with Crippen molar-refractivity contribution in [1.29, 1.82) is 0 Å². The number of aliphatic carboxylic acids is 1. The van der Waals surface area contributed by atoms with Gasteiger partial charge in [-0.1, -0.05) is 12.1 Å². The van der Waals surface area contributed by atoms with Crippen LogP contribution in [0.15, 0.2) is 24.3 Å². The summed E-state index contributed by atoms with van der Waals surface area (Å²) in [6, 6.07) is 8.62. The van der Waals surface area contributed by atoms with E-state index in [2.05, 4.69) is 16.4 Å². The van der Waals surface area contributed by atoms with Crippen molar-refractivity contribution in [1.82, 2.24) is 9.97 Å². The number of para-hydroxylation sites is 1. The van der Waals surface area contributed by atoms with Gasteiger partial charge in [-0.05, 0) is 50.3 Å². The highest BCUT2D eigenvalue weighted by molar-refractivity contribution is 5.90. The third-order valence-corrected chi connectivity index (χ3v) is 4.76. The number of hydrogen-bond donors (Lipinski definition) is 3. The summed E-state index contributed by atoms with van der Waals surface area (Å²) in [4.78, 5) is 20.3. The molecule has 1 aromatic carbocycles. The molecule has 0 amide bonds. The molecular weight excluding hydrogens is 387 g/mol. The van der Waals surface area contributed by atoms with Crippen molar-refractivity contribution in [2.45, 2.75) is 37.9 Å². The van der Waals surface area contributed by atoms with Gasteiger partial charge < -0.3 is 21.1 Å². The quantitative estimate of drug-likeness (QED) is 0.707. The summed E-state index contributed by atoms with van der Waals surface area (Å²) in [5.74, 6) is -0.372. The van der Waals surface area contributed by atoms with E-state index in [-0.39, 0.29) is 0 Å². The Morgan fingerprint density at radius 1 is 1.21 bits per heavy atom. The Bertz CT molecular complexity index is 821. The number of carboxylic acid groups (broad SMARTS) is 1. The van der Waals surface area contributed by atoms with Crippen LogP contribution in [0.3, 0.4) is 0 Å². The van der Waals surface area contributed by atoms with Gasteiger partial charge in [0.2, 0.25) is 5.95 Å². The molecule has 0 radical (unpaired) electrons. The fraction of sp³-hybridized carbons (Fsp3) is 0.526. The predicted molar refractivity (Wildman–Crippen MR) is 106 cm³/mol. The molecule has 4 N–H and O–H groups in total. The molecule has 0 unspecified atom stereocenters. The van der Waals surface area contributed by atoms with E-state index in [0.717, 1.165) is 42.1 Å². The van der Waals surface area contributed by atoms with Gasteiger partial charge in [0.25, 0.3) is 0 Å². The average molecular weight is 413 g/mol. The third kappa shape index (κ3) is 6.45. The van der Waals surface area contributed by atoms with E-state index in [4.69, 9.17) is 20.6 Å². The molecule has 1 fully saturated rings. The Labute approximate surface area is 167 Å². The molecule has 3 rings (SSSR count). The molecule has 0 spiro atoms. The van der Waals surface area contributed by atoms with Crippen LogP contribution in [0.2, 0.25) is 0 Å². The summed E-state index contributed by atoms with van der Waals surface area (Å²) in [7, 11) is 4.04. The topological polar surface area (TPSA) is 104 Å². The fourth-order valence-corrected chi connectivity index (χ4v) is 3.19. The fourth-order valence-electron chi connectivity index (χ4n) is 3.19. The van der Waals surface area contributed by atoms with Crippen LogP contribution in [0, 0.1) is 5.92 Å². The number of carboxylic acids is 1. The minimum atomic E-state index is -5.08. The first-order chi connectivity index (χ1) is 13.6. The molecule has 0 aliphatic heterocycles. The van der Waals surface area contributed by atoms with Crippen molar-refractivity contribution < 1.29 is 23.1 Å². The summed E-state index contributed by atoms with van der Waals surface area (Å²) >= 11 is 0. The van der Waals surface area contributed by atoms with E-state index in [9.17, 15) is 13.2 Å². The van der Waals surface area contributed by atoms with E-state index in [1.54, 1.807) is 0 Å². The van der Waals surface area contributed by atoms with Crippen LogP contribution in [0.25, 0.3) is 10.9 Å². The van der Waals surface area contributed by atoms with Crippen LogP contribution in [0.1, 0.15) is 25.7 Å². The molecule has 29 heavy (non-hydrogen) atoms. The Morgan fingerprint density at radius 3 is 2.31 bits per heavy atom. The number of halogens is 3. The van der Waals surface area contributed by atoms with E-state index in [1.165, 1.54) is 12.8 Å². The lowest BCUT2D eigenvalue weighted by Gasteiger charge is -2.28. The molecule has 1 heterocycles. The Morgan fingerprint density at radius 2 is 1.79 bits per heavy atom. The molecule has 7 nitrogen and oxygen atoms in total. The number of carbonyl (C=O) groups is 1. The van der Waals surface area contributed by atoms with E-state index < -0.39 is 12.1 Å². The predicted octanol–water partition coefficient (Wildman–Crippen LogP) is 3.26. The summed E-state index contributed by atoms with van der Waals surface area (Å²) in [5, 5.41) is 11.7. The highest BCUT2D eigenvalue weighted by Crippen LogP contribution is 2.27. The van der Waals surface area contributed by atoms with Crippen LogP contribution >= 0.6 is 0 Å². The first kappa shape index (κ1) is 22.7. The second-order valence-electron chi connectivity index (χ2n) is 7.18. The molecule has 2 aromatic rings. The van der Waals surface area contributed by atoms with E-state index >= 15 is 0 Å². The number of nitrogens with one attached hydrogen (secondary N) is 1. The number of anilines is 2. The lowest BCUT2D eigenvalue weighted by Crippen LogP contribution is -2.30. The summed E-state index contributed by atoms with van der Waals surface area (Å²) in [6.45, 7) is 0.809. The van der Waals surface area contributed by atoms with Crippen LogP contribution in [0.5, 0.6) is 0 Å². The van der Waals surface area contributed by atoms with Gasteiger partial charge in [0.15, 0.2) is 0 Å². The van der Waals surface area contributed by atoms with E-state index in [1.807, 2.05) is 37.2 Å². The number of alkyl halides is 3. The highest BCUT2D eigenvalue weighted by Gasteiger charge is 2.38. The standard InChI is InChI=1S/C17H25N5.C2HF3O2/c1-22(2)16-14-5-3-4-6-15(14)20-17(21-16)19-13-9-7-12(11-18)8-10-13;3-2(4,5)1(6)7/h3-6,12-13H,7-11,18H2,1-2H3,(H,19,20,21);(H,6,7). The Balaban J connectivity index is 0.000000370. The highest BCUT2D eigenvalue weighted by atomic mass is 19.4. The molecule has 0 bridgehead atoms. The lowest BCUT2D eigenvalue weighted by atomic mass is 9.86. The number of rotatable bonds is 4. The normalized spacial score (nSPS) is 19.2. The monoisotopic (exact) mass is 413 g/mol. The third-order valence-electron chi connectivity index (χ3n) is 4.76.